The fraction of sp³-hybridized carbons (Fsp3) is 0.909. The smallest absolute Gasteiger partial charge is 0.314 e. The first-order valence-electron chi connectivity index (χ1n) is 12.4. The van der Waals surface area contributed by atoms with Crippen LogP contribution in [0.15, 0.2) is 0 Å². The van der Waals surface area contributed by atoms with Crippen LogP contribution in [0.5, 0.6) is 0 Å². The fourth-order valence-corrected chi connectivity index (χ4v) is 3.86. The molecule has 2 rings (SSSR count). The van der Waals surface area contributed by atoms with Crippen LogP contribution in [0, 0.1) is 0 Å². The number of unbranched alkanes of at least 4 members (excludes halogenated alkanes) is 1. The van der Waals surface area contributed by atoms with Crippen LogP contribution >= 0.6 is 0 Å². The van der Waals surface area contributed by atoms with E-state index in [9.17, 15) is 9.59 Å². The quantitative estimate of drug-likeness (QED) is 0.239. The Morgan fingerprint density at radius 2 is 0.938 bits per heavy atom. The molecule has 0 saturated carbocycles. The van der Waals surface area contributed by atoms with Crippen LogP contribution in [0.25, 0.3) is 0 Å². The number of ether oxygens (including phenoxy) is 2. The second kappa shape index (κ2) is 17.9. The fourth-order valence-electron chi connectivity index (χ4n) is 3.86. The van der Waals surface area contributed by atoms with Crippen LogP contribution in [0.3, 0.4) is 0 Å². The maximum Gasteiger partial charge on any atom is 0.314 e. The molecule has 0 radical (unpaired) electrons. The minimum atomic E-state index is -0.177. The summed E-state index contributed by atoms with van der Waals surface area (Å²) in [5.74, 6) is 0. The predicted molar refractivity (Wildman–Crippen MR) is 125 cm³/mol. The van der Waals surface area contributed by atoms with E-state index >= 15 is 0 Å². The molecule has 186 valence electrons. The van der Waals surface area contributed by atoms with Crippen molar-refractivity contribution in [3.05, 3.63) is 0 Å². The zero-order chi connectivity index (χ0) is 22.7. The Hall–Kier alpha value is -1.62. The molecule has 32 heavy (non-hydrogen) atoms. The van der Waals surface area contributed by atoms with Crippen LogP contribution in [-0.2, 0) is 9.47 Å². The molecule has 2 heterocycles. The van der Waals surface area contributed by atoms with E-state index in [2.05, 4.69) is 31.1 Å². The predicted octanol–water partition coefficient (Wildman–Crippen LogP) is 0.590. The Labute approximate surface area is 193 Å². The molecule has 2 saturated heterocycles. The van der Waals surface area contributed by atoms with Gasteiger partial charge in [0.2, 0.25) is 0 Å². The van der Waals surface area contributed by atoms with Crippen LogP contribution in [0.1, 0.15) is 38.5 Å². The van der Waals surface area contributed by atoms with Gasteiger partial charge in [0.1, 0.15) is 0 Å². The van der Waals surface area contributed by atoms with Crippen LogP contribution in [0.2, 0.25) is 0 Å². The van der Waals surface area contributed by atoms with Gasteiger partial charge in [-0.15, -0.1) is 0 Å². The zero-order valence-corrected chi connectivity index (χ0v) is 19.7. The number of amides is 4. The first-order valence-corrected chi connectivity index (χ1v) is 12.4. The van der Waals surface area contributed by atoms with Gasteiger partial charge in [-0.3, -0.25) is 0 Å². The summed E-state index contributed by atoms with van der Waals surface area (Å²) < 4.78 is 11.1. The lowest BCUT2D eigenvalue weighted by molar-refractivity contribution is 0.113. The van der Waals surface area contributed by atoms with Gasteiger partial charge in [-0.1, -0.05) is 0 Å². The van der Waals surface area contributed by atoms with Crippen molar-refractivity contribution >= 4 is 12.1 Å². The molecule has 0 aromatic rings. The number of nitrogens with zero attached hydrogens (tertiary/aromatic N) is 2. The maximum absolute atomic E-state index is 11.7. The van der Waals surface area contributed by atoms with Gasteiger partial charge in [-0.2, -0.15) is 0 Å². The average Bonchev–Trinajstić information content (AvgIpc) is 3.50. The van der Waals surface area contributed by atoms with Crippen molar-refractivity contribution in [2.45, 2.75) is 38.5 Å². The number of urea groups is 2. The van der Waals surface area contributed by atoms with Crippen LogP contribution < -0.4 is 21.3 Å². The highest BCUT2D eigenvalue weighted by atomic mass is 16.5. The van der Waals surface area contributed by atoms with E-state index in [1.54, 1.807) is 0 Å². The number of rotatable bonds is 17. The van der Waals surface area contributed by atoms with E-state index in [1.165, 1.54) is 51.9 Å². The van der Waals surface area contributed by atoms with E-state index in [1.807, 2.05) is 0 Å². The molecule has 0 aliphatic carbocycles. The van der Waals surface area contributed by atoms with Gasteiger partial charge < -0.3 is 40.5 Å². The third kappa shape index (κ3) is 13.7. The third-order valence-electron chi connectivity index (χ3n) is 5.74. The summed E-state index contributed by atoms with van der Waals surface area (Å²) in [7, 11) is 0. The van der Waals surface area contributed by atoms with E-state index in [4.69, 9.17) is 9.47 Å². The van der Waals surface area contributed by atoms with Crippen molar-refractivity contribution in [3.8, 4) is 0 Å². The number of carbonyl (C=O) groups excluding carboxylic acids is 2. The Morgan fingerprint density at radius 3 is 1.34 bits per heavy atom. The number of hydrogen-bond donors (Lipinski definition) is 4. The van der Waals surface area contributed by atoms with E-state index < -0.39 is 0 Å². The van der Waals surface area contributed by atoms with E-state index in [0.29, 0.717) is 39.4 Å². The summed E-state index contributed by atoms with van der Waals surface area (Å²) in [5, 5.41) is 11.2. The van der Waals surface area contributed by atoms with Crippen molar-refractivity contribution in [2.75, 3.05) is 91.9 Å². The average molecular weight is 457 g/mol. The molecule has 0 aromatic heterocycles. The number of nitrogens with one attached hydrogen (secondary N) is 4. The highest BCUT2D eigenvalue weighted by Crippen LogP contribution is 2.06. The molecule has 4 N–H and O–H groups in total. The first kappa shape index (κ1) is 26.6. The van der Waals surface area contributed by atoms with E-state index in [-0.39, 0.29) is 12.1 Å². The summed E-state index contributed by atoms with van der Waals surface area (Å²) in [5.41, 5.74) is 0. The topological polar surface area (TPSA) is 107 Å². The second-order valence-corrected chi connectivity index (χ2v) is 8.39. The highest BCUT2D eigenvalue weighted by Gasteiger charge is 2.11. The van der Waals surface area contributed by atoms with Gasteiger partial charge in [0.15, 0.2) is 0 Å². The molecular formula is C22H44N6O4. The largest absolute Gasteiger partial charge is 0.378 e. The summed E-state index contributed by atoms with van der Waals surface area (Å²) in [6.07, 6.45) is 6.78. The molecule has 0 unspecified atom stereocenters. The van der Waals surface area contributed by atoms with Crippen molar-refractivity contribution in [1.29, 1.82) is 0 Å². The number of carbonyl (C=O) groups is 2. The monoisotopic (exact) mass is 456 g/mol. The van der Waals surface area contributed by atoms with Crippen LogP contribution in [-0.4, -0.2) is 114 Å². The minimum Gasteiger partial charge on any atom is -0.378 e. The van der Waals surface area contributed by atoms with Crippen molar-refractivity contribution < 1.29 is 19.1 Å². The highest BCUT2D eigenvalue weighted by molar-refractivity contribution is 5.74. The molecule has 2 aliphatic heterocycles. The standard InChI is InChI=1S/C22H44N6O4/c29-21(25-9-17-31-19-15-27-11-3-4-12-27)23-7-1-2-8-24-22(30)26-10-18-32-20-16-28-13-5-6-14-28/h1-20H2,(H2,23,25,29)(H2,24,26,30). The summed E-state index contributed by atoms with van der Waals surface area (Å²) in [4.78, 5) is 28.2. The molecule has 2 aliphatic rings. The van der Waals surface area contributed by atoms with Gasteiger partial charge in [0.05, 0.1) is 26.4 Å². The Kier molecular flexibility index (Phi) is 14.9. The lowest BCUT2D eigenvalue weighted by Gasteiger charge is -2.14. The molecule has 0 spiro atoms. The van der Waals surface area contributed by atoms with Gasteiger partial charge in [-0.25, -0.2) is 9.59 Å². The normalized spacial score (nSPS) is 16.9. The molecule has 10 heteroatoms. The van der Waals surface area contributed by atoms with Gasteiger partial charge in [-0.05, 0) is 64.7 Å². The third-order valence-corrected chi connectivity index (χ3v) is 5.74. The summed E-state index contributed by atoms with van der Waals surface area (Å²) in [6.45, 7) is 11.3. The molecule has 0 bridgehead atoms. The maximum atomic E-state index is 11.7. The summed E-state index contributed by atoms with van der Waals surface area (Å²) in [6, 6.07) is -0.354. The Morgan fingerprint density at radius 1 is 0.562 bits per heavy atom. The number of hydrogen-bond acceptors (Lipinski definition) is 6. The van der Waals surface area contributed by atoms with Crippen molar-refractivity contribution in [2.24, 2.45) is 0 Å². The molecule has 4 amide bonds. The van der Waals surface area contributed by atoms with Crippen molar-refractivity contribution in [1.82, 2.24) is 31.1 Å². The van der Waals surface area contributed by atoms with Gasteiger partial charge in [0.25, 0.3) is 0 Å². The first-order chi connectivity index (χ1) is 15.7. The van der Waals surface area contributed by atoms with Crippen molar-refractivity contribution in [3.63, 3.8) is 0 Å². The molecule has 0 atom stereocenters. The van der Waals surface area contributed by atoms with Gasteiger partial charge in [0, 0.05) is 39.3 Å². The minimum absolute atomic E-state index is 0.177. The molecule has 10 nitrogen and oxygen atoms in total. The number of likely N-dealkylation sites (tertiary alicyclic amines) is 2. The van der Waals surface area contributed by atoms with Crippen LogP contribution in [0.4, 0.5) is 9.59 Å². The van der Waals surface area contributed by atoms with E-state index in [0.717, 1.165) is 39.1 Å². The molecule has 0 aromatic carbocycles. The summed E-state index contributed by atoms with van der Waals surface area (Å²) >= 11 is 0. The van der Waals surface area contributed by atoms with Gasteiger partial charge >= 0.3 is 12.1 Å². The lowest BCUT2D eigenvalue weighted by Crippen LogP contribution is -2.39. The Balaban J connectivity index is 1.26. The second-order valence-electron chi connectivity index (χ2n) is 8.39. The molecular weight excluding hydrogens is 412 g/mol. The zero-order valence-electron chi connectivity index (χ0n) is 19.7. The SMILES string of the molecule is O=C(NCCCCNC(=O)NCCOCCN1CCCC1)NCCOCCN1CCCC1. The molecule has 2 fully saturated rings. The Bertz CT molecular complexity index is 455. The lowest BCUT2D eigenvalue weighted by atomic mass is 10.3.